The van der Waals surface area contributed by atoms with Gasteiger partial charge in [0.25, 0.3) is 11.8 Å². The van der Waals surface area contributed by atoms with Crippen molar-refractivity contribution in [1.29, 1.82) is 0 Å². The molecule has 24 heavy (non-hydrogen) atoms. The normalized spacial score (nSPS) is 18.5. The Hall–Kier alpha value is -1.24. The second-order valence-corrected chi connectivity index (χ2v) is 7.13. The zero-order valence-electron chi connectivity index (χ0n) is 16.0. The predicted molar refractivity (Wildman–Crippen MR) is 90.9 cm³/mol. The molecule has 0 saturated heterocycles. The lowest BCUT2D eigenvalue weighted by Crippen LogP contribution is -2.38. The minimum absolute atomic E-state index is 0.210. The van der Waals surface area contributed by atoms with Gasteiger partial charge < -0.3 is 4.74 Å². The smallest absolute Gasteiger partial charge is 0.256 e. The third-order valence-electron chi connectivity index (χ3n) is 4.43. The van der Waals surface area contributed by atoms with Gasteiger partial charge in [0.05, 0.1) is 5.60 Å². The lowest BCUT2D eigenvalue weighted by atomic mass is 10.0. The van der Waals surface area contributed by atoms with Crippen molar-refractivity contribution in [3.63, 3.8) is 0 Å². The van der Waals surface area contributed by atoms with E-state index >= 15 is 0 Å². The highest BCUT2D eigenvalue weighted by Crippen LogP contribution is 2.26. The van der Waals surface area contributed by atoms with Crippen LogP contribution in [0.5, 0.6) is 0 Å². The Labute approximate surface area is 145 Å². The Morgan fingerprint density at radius 3 is 1.96 bits per heavy atom. The molecule has 1 heterocycles. The fourth-order valence-electron chi connectivity index (χ4n) is 2.60. The van der Waals surface area contributed by atoms with Crippen LogP contribution in [0.3, 0.4) is 0 Å². The van der Waals surface area contributed by atoms with Gasteiger partial charge >= 0.3 is 0 Å². The Balaban J connectivity index is 2.52. The third kappa shape index (κ3) is 5.13. The number of ether oxygens (including phenoxy) is 1. The number of nitrogens with zero attached hydrogens (tertiary/aromatic N) is 1. The van der Waals surface area contributed by atoms with Crippen molar-refractivity contribution >= 4 is 11.8 Å². The molecular weight excluding hydrogens is 310 g/mol. The van der Waals surface area contributed by atoms with Gasteiger partial charge in [0.1, 0.15) is 0 Å². The van der Waals surface area contributed by atoms with Gasteiger partial charge in [-0.05, 0) is 47.5 Å². The van der Waals surface area contributed by atoms with Crippen LogP contribution in [0.2, 0.25) is 0 Å². The number of hydrogen-bond acceptors (Lipinski definition) is 5. The zero-order valence-corrected chi connectivity index (χ0v) is 16.0. The summed E-state index contributed by atoms with van der Waals surface area (Å²) in [5, 5.41) is 0. The van der Waals surface area contributed by atoms with Crippen LogP contribution in [0.1, 0.15) is 67.2 Å². The van der Waals surface area contributed by atoms with Gasteiger partial charge in [-0.2, -0.15) is 0 Å². The Morgan fingerprint density at radius 1 is 0.958 bits per heavy atom. The lowest BCUT2D eigenvalue weighted by Gasteiger charge is -2.32. The van der Waals surface area contributed by atoms with Gasteiger partial charge in [0.2, 0.25) is 0 Å². The average Bonchev–Trinajstić information content (AvgIpc) is 2.71. The molecule has 0 N–H and O–H groups in total. The van der Waals surface area contributed by atoms with Crippen LogP contribution in [0.4, 0.5) is 0 Å². The van der Waals surface area contributed by atoms with E-state index in [4.69, 9.17) is 14.5 Å². The summed E-state index contributed by atoms with van der Waals surface area (Å²) in [6, 6.07) is 0. The van der Waals surface area contributed by atoms with Crippen LogP contribution in [0.15, 0.2) is 11.1 Å². The molecule has 0 fully saturated rings. The molecule has 0 aromatic carbocycles. The number of carbonyl (C=O) groups excluding carboxylic acids is 2. The Bertz CT molecular complexity index is 488. The second-order valence-electron chi connectivity index (χ2n) is 7.13. The molecule has 6 nitrogen and oxygen atoms in total. The van der Waals surface area contributed by atoms with Gasteiger partial charge in [0, 0.05) is 31.2 Å². The first-order chi connectivity index (χ1) is 11.1. The molecule has 1 unspecified atom stereocenters. The number of carbonyl (C=O) groups is 2. The highest BCUT2D eigenvalue weighted by Gasteiger charge is 2.34. The summed E-state index contributed by atoms with van der Waals surface area (Å²) in [4.78, 5) is 36.4. The van der Waals surface area contributed by atoms with Gasteiger partial charge in [0.15, 0.2) is 5.79 Å². The van der Waals surface area contributed by atoms with Crippen LogP contribution >= 0.6 is 0 Å². The van der Waals surface area contributed by atoms with Crippen LogP contribution in [0, 0.1) is 0 Å². The number of amides is 2. The van der Waals surface area contributed by atoms with Crippen molar-refractivity contribution in [3.05, 3.63) is 11.1 Å². The molecule has 0 aliphatic carbocycles. The zero-order chi connectivity index (χ0) is 18.5. The van der Waals surface area contributed by atoms with E-state index in [2.05, 4.69) is 6.92 Å². The summed E-state index contributed by atoms with van der Waals surface area (Å²) >= 11 is 0. The summed E-state index contributed by atoms with van der Waals surface area (Å²) in [7, 11) is 1.55. The molecule has 0 spiro atoms. The highest BCUT2D eigenvalue weighted by molar-refractivity contribution is 6.18. The van der Waals surface area contributed by atoms with Crippen LogP contribution in [-0.2, 0) is 24.1 Å². The van der Waals surface area contributed by atoms with Gasteiger partial charge in [-0.25, -0.2) is 9.78 Å². The standard InChI is InChI=1S/C18H31NO5/c1-8-10-17(4,5)23-24-18(6,22-7)11-9-12-19-15(20)13(2)14(3)16(19)21/h8-12H2,1-7H3. The fraction of sp³-hybridized carbons (Fsp3) is 0.778. The second kappa shape index (κ2) is 8.23. The fourth-order valence-corrected chi connectivity index (χ4v) is 2.60. The first-order valence-corrected chi connectivity index (χ1v) is 8.52. The maximum Gasteiger partial charge on any atom is 0.256 e. The van der Waals surface area contributed by atoms with E-state index in [0.717, 1.165) is 12.8 Å². The minimum Gasteiger partial charge on any atom is -0.351 e. The van der Waals surface area contributed by atoms with Crippen molar-refractivity contribution in [2.45, 2.75) is 78.6 Å². The first-order valence-electron chi connectivity index (χ1n) is 8.52. The molecule has 1 atom stereocenters. The highest BCUT2D eigenvalue weighted by atomic mass is 17.2. The first kappa shape index (κ1) is 20.8. The number of hydrogen-bond donors (Lipinski definition) is 0. The van der Waals surface area contributed by atoms with Crippen molar-refractivity contribution in [1.82, 2.24) is 4.90 Å². The maximum absolute atomic E-state index is 12.0. The summed E-state index contributed by atoms with van der Waals surface area (Å²) in [5.41, 5.74) is 0.652. The Kier molecular flexibility index (Phi) is 7.13. The molecule has 6 heteroatoms. The number of imide groups is 1. The maximum atomic E-state index is 12.0. The molecule has 2 amide bonds. The van der Waals surface area contributed by atoms with Crippen molar-refractivity contribution in [2.75, 3.05) is 13.7 Å². The molecule has 0 radical (unpaired) electrons. The van der Waals surface area contributed by atoms with Crippen molar-refractivity contribution < 1.29 is 24.1 Å². The molecule has 1 aliphatic rings. The van der Waals surface area contributed by atoms with Crippen LogP contribution < -0.4 is 0 Å². The predicted octanol–water partition coefficient (Wildman–Crippen LogP) is 3.36. The van der Waals surface area contributed by atoms with E-state index in [9.17, 15) is 9.59 Å². The third-order valence-corrected chi connectivity index (χ3v) is 4.43. The molecule has 0 saturated carbocycles. The quantitative estimate of drug-likeness (QED) is 0.264. The largest absolute Gasteiger partial charge is 0.351 e. The molecule has 1 aliphatic heterocycles. The van der Waals surface area contributed by atoms with Crippen molar-refractivity contribution in [2.24, 2.45) is 0 Å². The van der Waals surface area contributed by atoms with E-state index < -0.39 is 11.4 Å². The molecule has 1 rings (SSSR count). The van der Waals surface area contributed by atoms with E-state index in [1.54, 1.807) is 27.9 Å². The SMILES string of the molecule is CCCC(C)(C)OOC(C)(CCCN1C(=O)C(C)=C(C)C1=O)OC. The average molecular weight is 341 g/mol. The van der Waals surface area contributed by atoms with E-state index in [1.165, 1.54) is 4.90 Å². The molecule has 0 bridgehead atoms. The molecular formula is C18H31NO5. The monoisotopic (exact) mass is 341 g/mol. The van der Waals surface area contributed by atoms with Crippen LogP contribution in [0.25, 0.3) is 0 Å². The number of rotatable bonds is 10. The topological polar surface area (TPSA) is 65.1 Å². The summed E-state index contributed by atoms with van der Waals surface area (Å²) in [6.45, 7) is 11.5. The van der Waals surface area contributed by atoms with Gasteiger partial charge in [-0.3, -0.25) is 14.5 Å². The van der Waals surface area contributed by atoms with Crippen molar-refractivity contribution in [3.8, 4) is 0 Å². The van der Waals surface area contributed by atoms with Gasteiger partial charge in [-0.1, -0.05) is 13.3 Å². The molecule has 0 aromatic rings. The molecule has 0 aromatic heterocycles. The Morgan fingerprint density at radius 2 is 1.50 bits per heavy atom. The summed E-state index contributed by atoms with van der Waals surface area (Å²) in [5.74, 6) is -1.34. The number of methoxy groups -OCH3 is 1. The summed E-state index contributed by atoms with van der Waals surface area (Å²) < 4.78 is 5.43. The van der Waals surface area contributed by atoms with E-state index in [-0.39, 0.29) is 11.8 Å². The van der Waals surface area contributed by atoms with Crippen LogP contribution in [-0.4, -0.2) is 41.8 Å². The molecule has 138 valence electrons. The minimum atomic E-state index is -0.922. The lowest BCUT2D eigenvalue weighted by molar-refractivity contribution is -0.455. The van der Waals surface area contributed by atoms with E-state index in [0.29, 0.717) is 30.5 Å². The summed E-state index contributed by atoms with van der Waals surface area (Å²) in [6.07, 6.45) is 2.93. The van der Waals surface area contributed by atoms with Gasteiger partial charge in [-0.15, -0.1) is 0 Å². The van der Waals surface area contributed by atoms with E-state index in [1.807, 2.05) is 13.8 Å².